The summed E-state index contributed by atoms with van der Waals surface area (Å²) in [6, 6.07) is 13.1. The predicted octanol–water partition coefficient (Wildman–Crippen LogP) is 2.12. The van der Waals surface area contributed by atoms with Crippen molar-refractivity contribution in [1.82, 2.24) is 15.1 Å². The summed E-state index contributed by atoms with van der Waals surface area (Å²) in [7, 11) is 5.61. The van der Waals surface area contributed by atoms with Crippen LogP contribution in [-0.4, -0.2) is 86.6 Å². The van der Waals surface area contributed by atoms with Gasteiger partial charge in [0.05, 0.1) is 18.1 Å². The lowest BCUT2D eigenvalue weighted by Crippen LogP contribution is -2.48. The van der Waals surface area contributed by atoms with Crippen LogP contribution in [0.5, 0.6) is 5.75 Å². The van der Waals surface area contributed by atoms with Gasteiger partial charge >= 0.3 is 6.03 Å². The molecule has 10 nitrogen and oxygen atoms in total. The Labute approximate surface area is 217 Å². The largest absolute Gasteiger partial charge is 0.491 e. The van der Waals surface area contributed by atoms with Gasteiger partial charge < -0.3 is 35.8 Å². The fourth-order valence-corrected chi connectivity index (χ4v) is 4.78. The molecule has 10 heteroatoms. The number of hydrogen-bond donors (Lipinski definition) is 3. The molecule has 0 saturated carbocycles. The van der Waals surface area contributed by atoms with Gasteiger partial charge in [-0.3, -0.25) is 9.59 Å². The van der Waals surface area contributed by atoms with Gasteiger partial charge in [-0.25, -0.2) is 4.79 Å². The summed E-state index contributed by atoms with van der Waals surface area (Å²) in [4.78, 5) is 44.1. The van der Waals surface area contributed by atoms with Crippen molar-refractivity contribution in [3.8, 4) is 5.75 Å². The van der Waals surface area contributed by atoms with Crippen molar-refractivity contribution in [2.24, 2.45) is 5.73 Å². The van der Waals surface area contributed by atoms with Gasteiger partial charge in [0, 0.05) is 51.2 Å². The van der Waals surface area contributed by atoms with Crippen molar-refractivity contribution in [2.75, 3.05) is 51.1 Å². The Kier molecular flexibility index (Phi) is 8.17. The summed E-state index contributed by atoms with van der Waals surface area (Å²) >= 11 is 0. The topological polar surface area (TPSA) is 120 Å². The van der Waals surface area contributed by atoms with Gasteiger partial charge in [0.15, 0.2) is 0 Å². The van der Waals surface area contributed by atoms with E-state index < -0.39 is 6.04 Å². The molecule has 2 aliphatic rings. The molecule has 2 aliphatic heterocycles. The van der Waals surface area contributed by atoms with Crippen LogP contribution in [0.2, 0.25) is 0 Å². The summed E-state index contributed by atoms with van der Waals surface area (Å²) in [6.07, 6.45) is 1.60. The predicted molar refractivity (Wildman–Crippen MR) is 143 cm³/mol. The van der Waals surface area contributed by atoms with Gasteiger partial charge in [-0.2, -0.15) is 0 Å². The first-order valence-corrected chi connectivity index (χ1v) is 12.6. The minimum absolute atomic E-state index is 0.101. The maximum atomic E-state index is 13.3. The van der Waals surface area contributed by atoms with E-state index in [1.165, 1.54) is 0 Å². The van der Waals surface area contributed by atoms with Crippen LogP contribution in [0, 0.1) is 0 Å². The number of nitrogens with zero attached hydrogens (tertiary/aromatic N) is 3. The summed E-state index contributed by atoms with van der Waals surface area (Å²) in [5.74, 6) is 0.288. The summed E-state index contributed by atoms with van der Waals surface area (Å²) in [6.45, 7) is 1.08. The molecule has 2 aromatic rings. The van der Waals surface area contributed by atoms with Gasteiger partial charge in [0.1, 0.15) is 12.4 Å². The number of fused-ring (bicyclic) bond motifs is 3. The molecule has 0 unspecified atom stereocenters. The maximum Gasteiger partial charge on any atom is 0.319 e. The average molecular weight is 509 g/mol. The normalized spacial score (nSPS) is 22.5. The molecule has 0 aromatic heterocycles. The number of rotatable bonds is 3. The summed E-state index contributed by atoms with van der Waals surface area (Å²) in [5, 5.41) is 5.88. The number of hydrogen-bond acceptors (Lipinski definition) is 6. The standard InChI is InChI=1S/C27H36N6O4/c1-31(2)21-9-5-8-19(14-21)29-27(36)30-20-15-22-17-37-23-10-4-7-18(13-23)25(34)32(3)12-6-11-24(28)26(35)33(22)16-20/h4-5,7-10,13-14,20,22,24H,6,11-12,15-17,28H2,1-3H3,(H2,29,30,36)/t20-,22-,24-/m0/s1. The first-order valence-electron chi connectivity index (χ1n) is 12.6. The minimum atomic E-state index is -0.687. The van der Waals surface area contributed by atoms with E-state index in [4.69, 9.17) is 10.5 Å². The summed E-state index contributed by atoms with van der Waals surface area (Å²) < 4.78 is 6.02. The number of carbonyl (C=O) groups is 3. The molecule has 198 valence electrons. The van der Waals surface area contributed by atoms with Crippen molar-refractivity contribution in [3.63, 3.8) is 0 Å². The van der Waals surface area contributed by atoms with Gasteiger partial charge in [0.25, 0.3) is 5.91 Å². The van der Waals surface area contributed by atoms with E-state index in [0.29, 0.717) is 49.4 Å². The second-order valence-electron chi connectivity index (χ2n) is 9.93. The van der Waals surface area contributed by atoms with Crippen molar-refractivity contribution in [1.29, 1.82) is 0 Å². The highest BCUT2D eigenvalue weighted by Crippen LogP contribution is 2.23. The molecule has 2 bridgehead atoms. The van der Waals surface area contributed by atoms with E-state index in [2.05, 4.69) is 10.6 Å². The average Bonchev–Trinajstić information content (AvgIpc) is 3.28. The van der Waals surface area contributed by atoms with Crippen LogP contribution in [0.15, 0.2) is 48.5 Å². The molecular formula is C27H36N6O4. The van der Waals surface area contributed by atoms with E-state index in [1.807, 2.05) is 43.3 Å². The van der Waals surface area contributed by atoms with E-state index in [-0.39, 0.29) is 36.5 Å². The zero-order valence-electron chi connectivity index (χ0n) is 21.6. The second kappa shape index (κ2) is 11.5. The molecule has 0 spiro atoms. The number of carbonyl (C=O) groups excluding carboxylic acids is 3. The molecule has 0 aliphatic carbocycles. The smallest absolute Gasteiger partial charge is 0.319 e. The van der Waals surface area contributed by atoms with Crippen molar-refractivity contribution in [3.05, 3.63) is 54.1 Å². The van der Waals surface area contributed by atoms with Gasteiger partial charge in [-0.15, -0.1) is 0 Å². The number of amides is 4. The number of anilines is 2. The number of benzene rings is 2. The zero-order valence-corrected chi connectivity index (χ0v) is 21.6. The van der Waals surface area contributed by atoms with Crippen LogP contribution in [0.3, 0.4) is 0 Å². The number of ether oxygens (including phenoxy) is 1. The summed E-state index contributed by atoms with van der Waals surface area (Å²) in [5.41, 5.74) is 8.48. The third kappa shape index (κ3) is 6.51. The molecule has 4 rings (SSSR count). The molecule has 1 fully saturated rings. The van der Waals surface area contributed by atoms with E-state index in [9.17, 15) is 14.4 Å². The number of urea groups is 1. The van der Waals surface area contributed by atoms with Crippen LogP contribution in [0.25, 0.3) is 0 Å². The van der Waals surface area contributed by atoms with E-state index >= 15 is 0 Å². The number of nitrogens with two attached hydrogens (primary N) is 1. The molecular weight excluding hydrogens is 472 g/mol. The first-order chi connectivity index (χ1) is 17.7. The lowest BCUT2D eigenvalue weighted by Gasteiger charge is -2.28. The van der Waals surface area contributed by atoms with Crippen LogP contribution in [0.1, 0.15) is 29.6 Å². The molecule has 1 saturated heterocycles. The Morgan fingerprint density at radius 1 is 1.14 bits per heavy atom. The van der Waals surface area contributed by atoms with Crippen LogP contribution in [-0.2, 0) is 4.79 Å². The Hall–Kier alpha value is -3.79. The van der Waals surface area contributed by atoms with Gasteiger partial charge in [-0.05, 0) is 55.7 Å². The second-order valence-corrected chi connectivity index (χ2v) is 9.93. The highest BCUT2D eigenvalue weighted by Gasteiger charge is 2.38. The third-order valence-electron chi connectivity index (χ3n) is 6.85. The quantitative estimate of drug-likeness (QED) is 0.584. The Balaban J connectivity index is 1.46. The molecule has 0 radical (unpaired) electrons. The van der Waals surface area contributed by atoms with Gasteiger partial charge in [0.2, 0.25) is 5.91 Å². The lowest BCUT2D eigenvalue weighted by molar-refractivity contribution is -0.134. The lowest BCUT2D eigenvalue weighted by atomic mass is 10.1. The molecule has 2 aromatic carbocycles. The highest BCUT2D eigenvalue weighted by atomic mass is 16.5. The van der Waals surface area contributed by atoms with Crippen molar-refractivity contribution >= 4 is 29.2 Å². The zero-order chi connectivity index (χ0) is 26.5. The molecule has 4 amide bonds. The highest BCUT2D eigenvalue weighted by molar-refractivity contribution is 5.94. The first kappa shape index (κ1) is 26.3. The van der Waals surface area contributed by atoms with Crippen molar-refractivity contribution < 1.29 is 19.1 Å². The van der Waals surface area contributed by atoms with Crippen LogP contribution >= 0.6 is 0 Å². The molecule has 4 N–H and O–H groups in total. The fourth-order valence-electron chi connectivity index (χ4n) is 4.78. The Morgan fingerprint density at radius 2 is 1.92 bits per heavy atom. The molecule has 2 heterocycles. The maximum absolute atomic E-state index is 13.3. The van der Waals surface area contributed by atoms with Crippen LogP contribution in [0.4, 0.5) is 16.2 Å². The minimum Gasteiger partial charge on any atom is -0.491 e. The molecule has 3 atom stereocenters. The fraction of sp³-hybridized carbons (Fsp3) is 0.444. The Morgan fingerprint density at radius 3 is 2.70 bits per heavy atom. The van der Waals surface area contributed by atoms with E-state index in [0.717, 1.165) is 5.69 Å². The SMILES string of the molecule is CN1CCC[C@H](N)C(=O)N2C[C@@H](NC(=O)Nc3cccc(N(C)C)c3)C[C@H]2COc2cccc(c2)C1=O. The van der Waals surface area contributed by atoms with Crippen molar-refractivity contribution in [2.45, 2.75) is 37.4 Å². The number of nitrogens with one attached hydrogen (secondary N) is 2. The third-order valence-corrected chi connectivity index (χ3v) is 6.85. The molecule has 37 heavy (non-hydrogen) atoms. The van der Waals surface area contributed by atoms with E-state index in [1.54, 1.807) is 41.1 Å². The Bertz CT molecular complexity index is 1140. The van der Waals surface area contributed by atoms with Crippen LogP contribution < -0.4 is 26.0 Å². The van der Waals surface area contributed by atoms with Gasteiger partial charge in [-0.1, -0.05) is 12.1 Å². The monoisotopic (exact) mass is 508 g/mol.